The second-order valence-corrected chi connectivity index (χ2v) is 9.88. The Kier molecular flexibility index (Phi) is 41.7. The molecule has 0 atom stereocenters. The topological polar surface area (TPSA) is 13.0 Å². The summed E-state index contributed by atoms with van der Waals surface area (Å²) in [7, 11) is 0. The van der Waals surface area contributed by atoms with Gasteiger partial charge in [0.25, 0.3) is 0 Å². The van der Waals surface area contributed by atoms with E-state index in [0.717, 1.165) is 52.4 Å². The molecule has 0 saturated heterocycles. The van der Waals surface area contributed by atoms with Gasteiger partial charge in [-0.3, -0.25) is 0 Å². The summed E-state index contributed by atoms with van der Waals surface area (Å²) in [5.74, 6) is 0. The molecule has 0 radical (unpaired) electrons. The van der Waals surface area contributed by atoms with Gasteiger partial charge in [-0.2, -0.15) is 0 Å². The Hall–Kier alpha value is 1.13. The summed E-state index contributed by atoms with van der Waals surface area (Å²) < 4.78 is 2.31. The fraction of sp³-hybridized carbons (Fsp3) is 0.800. The van der Waals surface area contributed by atoms with E-state index in [1.165, 1.54) is 0 Å². The van der Waals surface area contributed by atoms with Gasteiger partial charge >= 0.3 is 21.1 Å². The first-order chi connectivity index (χ1) is 14.9. The monoisotopic (exact) mass is 690 g/mol. The van der Waals surface area contributed by atoms with Crippen molar-refractivity contribution in [3.05, 3.63) is 0 Å². The van der Waals surface area contributed by atoms with Crippen molar-refractivity contribution in [3.63, 3.8) is 0 Å². The maximum absolute atomic E-state index is 4.76. The normalized spacial score (nSPS) is 8.48. The fourth-order valence-corrected chi connectivity index (χ4v) is 3.99. The van der Waals surface area contributed by atoms with Gasteiger partial charge in [0.2, 0.25) is 0 Å². The van der Waals surface area contributed by atoms with Crippen molar-refractivity contribution in [1.82, 2.24) is 19.6 Å². The second kappa shape index (κ2) is 31.2. The van der Waals surface area contributed by atoms with E-state index in [2.05, 4.69) is 0 Å². The molecular weight excluding hydrogens is 649 g/mol. The molecule has 0 aliphatic carbocycles. The molecule has 0 amide bonds. The Bertz CT molecular complexity index is 408. The van der Waals surface area contributed by atoms with E-state index in [-0.39, 0.29) is 21.1 Å². The molecule has 0 spiro atoms. The first-order valence-electron chi connectivity index (χ1n) is 10.7. The molecule has 0 heterocycles. The van der Waals surface area contributed by atoms with Crippen molar-refractivity contribution in [3.8, 4) is 0 Å². The second-order valence-electron chi connectivity index (χ2n) is 5.75. The van der Waals surface area contributed by atoms with Crippen LogP contribution in [-0.4, -0.2) is 89.2 Å². The molecule has 0 aromatic rings. The van der Waals surface area contributed by atoms with Crippen LogP contribution in [0.2, 0.25) is 0 Å². The molecule has 0 rings (SSSR count). The zero-order chi connectivity index (χ0) is 26.3. The standard InChI is InChI=1S/4C5H11NS2.Mo/c4*1-3-6(4-2)5(7)8;/h4*3-4H2,1-2H3,(H,7,8);/q;;;;+4/p-4. The zero-order valence-electron chi connectivity index (χ0n) is 21.1. The average molecular weight is 689 g/mol. The van der Waals surface area contributed by atoms with E-state index in [4.69, 9.17) is 99.4 Å². The molecule has 0 aromatic heterocycles. The minimum Gasteiger partial charge on any atom is -0.411 e. The summed E-state index contributed by atoms with van der Waals surface area (Å²) in [5, 5.41) is 0. The number of rotatable bonds is 8. The third-order valence-electron chi connectivity index (χ3n) is 4.09. The fourth-order valence-electron chi connectivity index (χ4n) is 1.93. The van der Waals surface area contributed by atoms with E-state index in [1.54, 1.807) is 0 Å². The van der Waals surface area contributed by atoms with Crippen LogP contribution in [0.4, 0.5) is 0 Å². The van der Waals surface area contributed by atoms with E-state index in [1.807, 2.05) is 75.0 Å². The van der Waals surface area contributed by atoms with Crippen LogP contribution in [-0.2, 0) is 71.6 Å². The Morgan fingerprint density at radius 2 is 0.485 bits per heavy atom. The van der Waals surface area contributed by atoms with Gasteiger partial charge in [0.15, 0.2) is 0 Å². The molecule has 0 fully saturated rings. The summed E-state index contributed by atoms with van der Waals surface area (Å²) in [6.45, 7) is 23.8. The van der Waals surface area contributed by atoms with Crippen molar-refractivity contribution in [2.75, 3.05) is 52.4 Å². The zero-order valence-corrected chi connectivity index (χ0v) is 29.7. The summed E-state index contributed by atoms with van der Waals surface area (Å²) in [5.41, 5.74) is 0. The smallest absolute Gasteiger partial charge is 0.411 e. The summed E-state index contributed by atoms with van der Waals surface area (Å²) in [4.78, 5) is 7.85. The van der Waals surface area contributed by atoms with Crippen molar-refractivity contribution >= 4 is 117 Å². The van der Waals surface area contributed by atoms with Crippen LogP contribution in [0.1, 0.15) is 55.4 Å². The van der Waals surface area contributed by atoms with Crippen LogP contribution in [0.25, 0.3) is 0 Å². The molecule has 0 aliphatic heterocycles. The van der Waals surface area contributed by atoms with Crippen LogP contribution < -0.4 is 0 Å². The molecule has 0 aromatic carbocycles. The van der Waals surface area contributed by atoms with Crippen LogP contribution >= 0.6 is 48.9 Å². The Morgan fingerprint density at radius 1 is 0.394 bits per heavy atom. The van der Waals surface area contributed by atoms with E-state index in [9.17, 15) is 0 Å². The van der Waals surface area contributed by atoms with Gasteiger partial charge in [-0.05, 0) is 55.4 Å². The van der Waals surface area contributed by atoms with Gasteiger partial charge in [0.1, 0.15) is 0 Å². The summed E-state index contributed by atoms with van der Waals surface area (Å²) in [6.07, 6.45) is 0. The molecular formula is C20H40MoN4S8. The average Bonchev–Trinajstić information content (AvgIpc) is 2.72. The summed E-state index contributed by atoms with van der Waals surface area (Å²) in [6, 6.07) is 0. The van der Waals surface area contributed by atoms with Gasteiger partial charge < -0.3 is 119 Å². The SMILES string of the molecule is CCN(CC)C(=S)[S-].CCN(CC)C(=S)[S-].CCN(CC)C(=S)[S-].CCN(CC)C(=S)[S-].[Mo+4]. The molecule has 0 aliphatic rings. The number of nitrogens with zero attached hydrogens (tertiary/aromatic N) is 4. The Labute approximate surface area is 262 Å². The number of hydrogen-bond donors (Lipinski definition) is 0. The molecule has 33 heavy (non-hydrogen) atoms. The maximum atomic E-state index is 4.76. The molecule has 0 N–H and O–H groups in total. The van der Waals surface area contributed by atoms with Gasteiger partial charge in [-0.1, -0.05) is 17.3 Å². The summed E-state index contributed by atoms with van der Waals surface area (Å²) >= 11 is 38.0. The molecule has 0 bridgehead atoms. The van der Waals surface area contributed by atoms with Gasteiger partial charge in [-0.25, -0.2) is 0 Å². The third kappa shape index (κ3) is 29.2. The Morgan fingerprint density at radius 3 is 0.485 bits per heavy atom. The van der Waals surface area contributed by atoms with Crippen LogP contribution in [0.15, 0.2) is 0 Å². The van der Waals surface area contributed by atoms with Crippen LogP contribution in [0.3, 0.4) is 0 Å². The largest absolute Gasteiger partial charge is 4.00 e. The van der Waals surface area contributed by atoms with Crippen molar-refractivity contribution < 1.29 is 21.1 Å². The van der Waals surface area contributed by atoms with Gasteiger partial charge in [-0.15, -0.1) is 0 Å². The van der Waals surface area contributed by atoms with Gasteiger partial charge in [0.05, 0.1) is 0 Å². The maximum Gasteiger partial charge on any atom is 4.00 e. The first-order valence-corrected chi connectivity index (χ1v) is 14.0. The van der Waals surface area contributed by atoms with Crippen molar-refractivity contribution in [2.24, 2.45) is 0 Å². The van der Waals surface area contributed by atoms with E-state index < -0.39 is 0 Å². The molecule has 194 valence electrons. The van der Waals surface area contributed by atoms with E-state index in [0.29, 0.717) is 17.3 Å². The Balaban J connectivity index is -0.000000105. The quantitative estimate of drug-likeness (QED) is 0.201. The van der Waals surface area contributed by atoms with Crippen molar-refractivity contribution in [2.45, 2.75) is 55.4 Å². The molecule has 13 heteroatoms. The first kappa shape index (κ1) is 44.1. The van der Waals surface area contributed by atoms with E-state index >= 15 is 0 Å². The molecule has 4 nitrogen and oxygen atoms in total. The molecule has 0 unspecified atom stereocenters. The van der Waals surface area contributed by atoms with Crippen LogP contribution in [0, 0.1) is 0 Å². The minimum atomic E-state index is 0. The number of thiocarbonyl (C=S) groups is 4. The molecule has 0 saturated carbocycles. The minimum absolute atomic E-state index is 0. The van der Waals surface area contributed by atoms with Crippen LogP contribution in [0.5, 0.6) is 0 Å². The van der Waals surface area contributed by atoms with Gasteiger partial charge in [0, 0.05) is 52.4 Å². The predicted octanol–water partition coefficient (Wildman–Crippen LogP) is 4.64. The third-order valence-corrected chi connectivity index (χ3v) is 6.15. The predicted molar refractivity (Wildman–Crippen MR) is 172 cm³/mol. The number of hydrogen-bond acceptors (Lipinski definition) is 8. The van der Waals surface area contributed by atoms with Crippen molar-refractivity contribution in [1.29, 1.82) is 0 Å².